The lowest BCUT2D eigenvalue weighted by Crippen LogP contribution is -2.47. The highest BCUT2D eigenvalue weighted by Crippen LogP contribution is 2.26. The summed E-state index contributed by atoms with van der Waals surface area (Å²) in [6.45, 7) is 1.73. The van der Waals surface area contributed by atoms with Crippen molar-refractivity contribution < 1.29 is 9.53 Å². The average molecular weight is 392 g/mol. The van der Waals surface area contributed by atoms with Crippen LogP contribution in [0.25, 0.3) is 0 Å². The summed E-state index contributed by atoms with van der Waals surface area (Å²) in [7, 11) is 3.62. The summed E-state index contributed by atoms with van der Waals surface area (Å²) in [6, 6.07) is 6.42. The molecule has 1 unspecified atom stereocenters. The number of ether oxygens (including phenoxy) is 1. The van der Waals surface area contributed by atoms with E-state index in [1.807, 2.05) is 30.1 Å². The first-order valence-corrected chi connectivity index (χ1v) is 8.20. The van der Waals surface area contributed by atoms with E-state index in [2.05, 4.69) is 21.2 Å². The fourth-order valence-electron chi connectivity index (χ4n) is 2.71. The van der Waals surface area contributed by atoms with Crippen LogP contribution in [0, 0.1) is 0 Å². The lowest BCUT2D eigenvalue weighted by Gasteiger charge is -2.32. The Morgan fingerprint density at radius 2 is 2.27 bits per heavy atom. The molecule has 4 nitrogen and oxygen atoms in total. The largest absolute Gasteiger partial charge is 0.496 e. The van der Waals surface area contributed by atoms with Crippen LogP contribution in [-0.4, -0.2) is 44.1 Å². The van der Waals surface area contributed by atoms with Gasteiger partial charge in [-0.2, -0.15) is 0 Å². The zero-order chi connectivity index (χ0) is 15.2. The third-order valence-corrected chi connectivity index (χ3v) is 4.65. The number of aryl methyl sites for hydroxylation is 1. The minimum atomic E-state index is 0. The summed E-state index contributed by atoms with van der Waals surface area (Å²) in [4.78, 5) is 14.3. The van der Waals surface area contributed by atoms with Gasteiger partial charge in [-0.1, -0.05) is 6.07 Å². The van der Waals surface area contributed by atoms with Crippen LogP contribution in [-0.2, 0) is 11.2 Å². The Balaban J connectivity index is 0.00000242. The molecule has 1 saturated heterocycles. The molecule has 0 saturated carbocycles. The van der Waals surface area contributed by atoms with Gasteiger partial charge < -0.3 is 15.0 Å². The molecule has 1 aromatic carbocycles. The van der Waals surface area contributed by atoms with Gasteiger partial charge in [-0.15, -0.1) is 12.4 Å². The van der Waals surface area contributed by atoms with E-state index in [9.17, 15) is 4.79 Å². The predicted octanol–water partition coefficient (Wildman–Crippen LogP) is 3.02. The van der Waals surface area contributed by atoms with Gasteiger partial charge in [-0.3, -0.25) is 4.79 Å². The summed E-state index contributed by atoms with van der Waals surface area (Å²) >= 11 is 3.48. The number of hydrogen-bond donors (Lipinski definition) is 1. The van der Waals surface area contributed by atoms with Gasteiger partial charge >= 0.3 is 0 Å². The lowest BCUT2D eigenvalue weighted by atomic mass is 10.0. The van der Waals surface area contributed by atoms with Crippen LogP contribution in [0.5, 0.6) is 5.75 Å². The predicted molar refractivity (Wildman–Crippen MR) is 94.9 cm³/mol. The number of nitrogens with one attached hydrogen (secondary N) is 1. The summed E-state index contributed by atoms with van der Waals surface area (Å²) in [5.41, 5.74) is 1.15. The van der Waals surface area contributed by atoms with Crippen molar-refractivity contribution in [2.24, 2.45) is 0 Å². The maximum absolute atomic E-state index is 12.3. The number of rotatable bonds is 5. The standard InChI is InChI=1S/C16H23BrN2O2.ClH/c1-18-13-4-3-9-19(11-13)16(20)8-6-12-5-7-15(21-2)14(17)10-12;/h5,7,10,13,18H,3-4,6,8-9,11H2,1-2H3;1H. The fourth-order valence-corrected chi connectivity index (χ4v) is 3.30. The Morgan fingerprint density at radius 3 is 2.91 bits per heavy atom. The van der Waals surface area contributed by atoms with Gasteiger partial charge in [0.2, 0.25) is 5.91 Å². The van der Waals surface area contributed by atoms with Crippen molar-refractivity contribution in [1.82, 2.24) is 10.2 Å². The molecule has 1 N–H and O–H groups in total. The van der Waals surface area contributed by atoms with Gasteiger partial charge in [-0.05, 0) is 59.9 Å². The molecule has 1 amide bonds. The van der Waals surface area contributed by atoms with E-state index in [-0.39, 0.29) is 18.3 Å². The summed E-state index contributed by atoms with van der Waals surface area (Å²) in [5.74, 6) is 1.07. The number of amides is 1. The topological polar surface area (TPSA) is 41.6 Å². The van der Waals surface area contributed by atoms with Crippen LogP contribution >= 0.6 is 28.3 Å². The Morgan fingerprint density at radius 1 is 1.50 bits per heavy atom. The second kappa shape index (κ2) is 9.38. The quantitative estimate of drug-likeness (QED) is 0.839. The van der Waals surface area contributed by atoms with Gasteiger partial charge in [0.25, 0.3) is 0 Å². The smallest absolute Gasteiger partial charge is 0.222 e. The first-order valence-electron chi connectivity index (χ1n) is 7.41. The molecule has 1 atom stereocenters. The van der Waals surface area contributed by atoms with E-state index in [0.717, 1.165) is 48.1 Å². The van der Waals surface area contributed by atoms with Crippen molar-refractivity contribution >= 4 is 34.2 Å². The van der Waals surface area contributed by atoms with Crippen molar-refractivity contribution in [2.75, 3.05) is 27.2 Å². The maximum atomic E-state index is 12.3. The highest BCUT2D eigenvalue weighted by molar-refractivity contribution is 9.10. The first-order chi connectivity index (χ1) is 10.1. The second-order valence-electron chi connectivity index (χ2n) is 5.44. The van der Waals surface area contributed by atoms with Crippen LogP contribution in [0.4, 0.5) is 0 Å². The van der Waals surface area contributed by atoms with Crippen molar-refractivity contribution in [3.8, 4) is 5.75 Å². The van der Waals surface area contributed by atoms with Crippen LogP contribution < -0.4 is 10.1 Å². The van der Waals surface area contributed by atoms with Gasteiger partial charge in [-0.25, -0.2) is 0 Å². The minimum Gasteiger partial charge on any atom is -0.496 e. The molecular formula is C16H24BrClN2O2. The average Bonchev–Trinajstić information content (AvgIpc) is 2.52. The van der Waals surface area contributed by atoms with Crippen molar-refractivity contribution in [1.29, 1.82) is 0 Å². The minimum absolute atomic E-state index is 0. The van der Waals surface area contributed by atoms with E-state index >= 15 is 0 Å². The molecule has 1 fully saturated rings. The third-order valence-electron chi connectivity index (χ3n) is 4.03. The van der Waals surface area contributed by atoms with Crippen molar-refractivity contribution in [3.63, 3.8) is 0 Å². The molecule has 1 aromatic rings. The maximum Gasteiger partial charge on any atom is 0.222 e. The number of likely N-dealkylation sites (N-methyl/N-ethyl adjacent to an activating group) is 1. The number of carbonyl (C=O) groups excluding carboxylic acids is 1. The van der Waals surface area contributed by atoms with E-state index < -0.39 is 0 Å². The summed E-state index contributed by atoms with van der Waals surface area (Å²) in [6.07, 6.45) is 3.58. The third kappa shape index (κ3) is 5.14. The summed E-state index contributed by atoms with van der Waals surface area (Å²) < 4.78 is 6.15. The van der Waals surface area contributed by atoms with Crippen LogP contribution in [0.15, 0.2) is 22.7 Å². The Labute approximate surface area is 147 Å². The molecule has 0 radical (unpaired) electrons. The number of hydrogen-bond acceptors (Lipinski definition) is 3. The van der Waals surface area contributed by atoms with Gasteiger partial charge in [0.05, 0.1) is 11.6 Å². The van der Waals surface area contributed by atoms with E-state index in [1.165, 1.54) is 0 Å². The SMILES string of the molecule is CNC1CCCN(C(=O)CCc2ccc(OC)c(Br)c2)C1.Cl. The highest BCUT2D eigenvalue weighted by atomic mass is 79.9. The second-order valence-corrected chi connectivity index (χ2v) is 6.29. The molecule has 22 heavy (non-hydrogen) atoms. The van der Waals surface area contributed by atoms with Crippen LogP contribution in [0.2, 0.25) is 0 Å². The summed E-state index contributed by atoms with van der Waals surface area (Å²) in [5, 5.41) is 3.27. The zero-order valence-electron chi connectivity index (χ0n) is 13.1. The fraction of sp³-hybridized carbons (Fsp3) is 0.562. The zero-order valence-corrected chi connectivity index (χ0v) is 15.5. The van der Waals surface area contributed by atoms with Crippen molar-refractivity contribution in [3.05, 3.63) is 28.2 Å². The van der Waals surface area contributed by atoms with Gasteiger partial charge in [0.15, 0.2) is 0 Å². The number of nitrogens with zero attached hydrogens (tertiary/aromatic N) is 1. The van der Waals surface area contributed by atoms with E-state index in [4.69, 9.17) is 4.74 Å². The molecule has 0 bridgehead atoms. The Bertz CT molecular complexity index is 499. The number of piperidine rings is 1. The molecule has 124 valence electrons. The number of methoxy groups -OCH3 is 1. The molecule has 1 heterocycles. The molecule has 1 aliphatic rings. The number of halogens is 2. The Kier molecular flexibility index (Phi) is 8.21. The Hall–Kier alpha value is -0.780. The van der Waals surface area contributed by atoms with Crippen LogP contribution in [0.3, 0.4) is 0 Å². The molecule has 2 rings (SSSR count). The van der Waals surface area contributed by atoms with Gasteiger partial charge in [0, 0.05) is 25.6 Å². The highest BCUT2D eigenvalue weighted by Gasteiger charge is 2.22. The van der Waals surface area contributed by atoms with Gasteiger partial charge in [0.1, 0.15) is 5.75 Å². The first kappa shape index (κ1) is 19.3. The van der Waals surface area contributed by atoms with Crippen LogP contribution in [0.1, 0.15) is 24.8 Å². The molecule has 0 spiro atoms. The lowest BCUT2D eigenvalue weighted by molar-refractivity contribution is -0.132. The molecule has 1 aliphatic heterocycles. The molecule has 0 aliphatic carbocycles. The van der Waals surface area contributed by atoms with Crippen molar-refractivity contribution in [2.45, 2.75) is 31.7 Å². The van der Waals surface area contributed by atoms with E-state index in [1.54, 1.807) is 7.11 Å². The number of likely N-dealkylation sites (tertiary alicyclic amines) is 1. The molecule has 0 aromatic heterocycles. The number of benzene rings is 1. The molecular weight excluding hydrogens is 368 g/mol. The monoisotopic (exact) mass is 390 g/mol. The normalized spacial score (nSPS) is 17.8. The number of carbonyl (C=O) groups is 1. The van der Waals surface area contributed by atoms with E-state index in [0.29, 0.717) is 12.5 Å². The molecule has 6 heteroatoms.